The first-order valence-corrected chi connectivity index (χ1v) is 6.02. The molecule has 0 heterocycles. The van der Waals surface area contributed by atoms with Gasteiger partial charge in [-0.05, 0) is 47.6 Å². The minimum absolute atomic E-state index is 0.136. The largest absolute Gasteiger partial charge is 0.393 e. The number of aliphatic hydroxyl groups is 1. The summed E-state index contributed by atoms with van der Waals surface area (Å²) in [6, 6.07) is 13.0. The third-order valence-electron chi connectivity index (χ3n) is 3.57. The highest BCUT2D eigenvalue weighted by atomic mass is 16.3. The van der Waals surface area contributed by atoms with E-state index in [2.05, 4.69) is 36.4 Å². The first-order chi connectivity index (χ1) is 7.84. The Morgan fingerprint density at radius 3 is 2.00 bits per heavy atom. The molecule has 0 fully saturated rings. The molecule has 0 saturated carbocycles. The topological polar surface area (TPSA) is 20.2 Å². The van der Waals surface area contributed by atoms with Crippen molar-refractivity contribution >= 4 is 10.8 Å². The molecule has 2 aromatic carbocycles. The molecule has 0 aliphatic heterocycles. The highest BCUT2D eigenvalue weighted by Crippen LogP contribution is 2.28. The highest BCUT2D eigenvalue weighted by Gasteiger charge is 2.13. The molecule has 1 heteroatoms. The van der Waals surface area contributed by atoms with Crippen LogP contribution in [-0.2, 0) is 12.8 Å². The van der Waals surface area contributed by atoms with Crippen LogP contribution in [0.15, 0.2) is 36.4 Å². The highest BCUT2D eigenvalue weighted by molar-refractivity contribution is 5.89. The van der Waals surface area contributed by atoms with Crippen molar-refractivity contribution < 1.29 is 5.11 Å². The molecular weight excluding hydrogens is 196 g/mol. The second kappa shape index (κ2) is 3.91. The first kappa shape index (κ1) is 9.86. The van der Waals surface area contributed by atoms with Crippen molar-refractivity contribution in [2.24, 2.45) is 0 Å². The molecule has 0 amide bonds. The maximum absolute atomic E-state index is 9.80. The Hall–Kier alpha value is -1.34. The second-order valence-electron chi connectivity index (χ2n) is 4.66. The maximum atomic E-state index is 9.80. The van der Waals surface area contributed by atoms with Crippen molar-refractivity contribution in [2.75, 3.05) is 0 Å². The summed E-state index contributed by atoms with van der Waals surface area (Å²) in [5.41, 5.74) is 2.79. The second-order valence-corrected chi connectivity index (χ2v) is 4.66. The summed E-state index contributed by atoms with van der Waals surface area (Å²) in [5, 5.41) is 12.6. The summed E-state index contributed by atoms with van der Waals surface area (Å²) < 4.78 is 0. The van der Waals surface area contributed by atoms with Gasteiger partial charge in [0.05, 0.1) is 6.10 Å². The molecule has 1 aliphatic carbocycles. The lowest BCUT2D eigenvalue weighted by Crippen LogP contribution is -2.12. The summed E-state index contributed by atoms with van der Waals surface area (Å²) in [5.74, 6) is 0. The Labute approximate surface area is 95.7 Å². The van der Waals surface area contributed by atoms with E-state index in [-0.39, 0.29) is 6.10 Å². The minimum atomic E-state index is -0.136. The molecule has 0 aromatic heterocycles. The predicted octanol–water partition coefficient (Wildman–Crippen LogP) is 3.08. The normalized spacial score (nSPS) is 17.1. The van der Waals surface area contributed by atoms with Crippen LogP contribution in [0.25, 0.3) is 10.8 Å². The first-order valence-electron chi connectivity index (χ1n) is 6.02. The molecule has 0 spiro atoms. The summed E-state index contributed by atoms with van der Waals surface area (Å²) in [4.78, 5) is 0. The zero-order valence-electron chi connectivity index (χ0n) is 9.32. The van der Waals surface area contributed by atoms with Crippen molar-refractivity contribution in [3.63, 3.8) is 0 Å². The Bertz CT molecular complexity index is 473. The lowest BCUT2D eigenvalue weighted by atomic mass is 9.89. The average Bonchev–Trinajstić information content (AvgIpc) is 2.31. The van der Waals surface area contributed by atoms with Crippen LogP contribution in [0.3, 0.4) is 0 Å². The Morgan fingerprint density at radius 2 is 1.44 bits per heavy atom. The number of hydrogen-bond acceptors (Lipinski definition) is 1. The number of aliphatic hydroxyl groups excluding tert-OH is 1. The van der Waals surface area contributed by atoms with Gasteiger partial charge in [-0.25, -0.2) is 0 Å². The fraction of sp³-hybridized carbons (Fsp3) is 0.333. The molecule has 0 bridgehead atoms. The van der Waals surface area contributed by atoms with E-state index in [0.717, 1.165) is 25.7 Å². The van der Waals surface area contributed by atoms with Gasteiger partial charge in [0.1, 0.15) is 0 Å². The third-order valence-corrected chi connectivity index (χ3v) is 3.57. The molecule has 16 heavy (non-hydrogen) atoms. The van der Waals surface area contributed by atoms with Gasteiger partial charge in [0.15, 0.2) is 0 Å². The van der Waals surface area contributed by atoms with Crippen molar-refractivity contribution in [1.82, 2.24) is 0 Å². The molecule has 1 nitrogen and oxygen atoms in total. The van der Waals surface area contributed by atoms with E-state index >= 15 is 0 Å². The van der Waals surface area contributed by atoms with Gasteiger partial charge in [-0.1, -0.05) is 36.4 Å². The summed E-state index contributed by atoms with van der Waals surface area (Å²) in [6.45, 7) is 0. The summed E-state index contributed by atoms with van der Waals surface area (Å²) in [7, 11) is 0. The van der Waals surface area contributed by atoms with Crippen LogP contribution >= 0.6 is 0 Å². The average molecular weight is 212 g/mol. The van der Waals surface area contributed by atoms with E-state index in [0.29, 0.717) is 0 Å². The van der Waals surface area contributed by atoms with Crippen LogP contribution in [-0.4, -0.2) is 11.2 Å². The van der Waals surface area contributed by atoms with Crippen LogP contribution in [0.4, 0.5) is 0 Å². The van der Waals surface area contributed by atoms with Crippen LogP contribution in [0.2, 0.25) is 0 Å². The zero-order chi connectivity index (χ0) is 11.0. The van der Waals surface area contributed by atoms with E-state index in [9.17, 15) is 5.11 Å². The Balaban J connectivity index is 2.23. The number of aryl methyl sites for hydroxylation is 2. The monoisotopic (exact) mass is 212 g/mol. The SMILES string of the molecule is OC1CCc2cccc3cccc(c23)CC1. The number of benzene rings is 2. The fourth-order valence-corrected chi connectivity index (χ4v) is 2.71. The van der Waals surface area contributed by atoms with Gasteiger partial charge in [0.2, 0.25) is 0 Å². The standard InChI is InChI=1S/C15H16O/c16-14-9-7-12-5-1-3-11-4-2-6-13(8-10-14)15(11)12/h1-6,14,16H,7-10H2. The summed E-state index contributed by atoms with van der Waals surface area (Å²) >= 11 is 0. The van der Waals surface area contributed by atoms with Gasteiger partial charge < -0.3 is 5.11 Å². The smallest absolute Gasteiger partial charge is 0.0546 e. The van der Waals surface area contributed by atoms with Crippen LogP contribution in [0, 0.1) is 0 Å². The molecule has 0 saturated heterocycles. The molecule has 0 radical (unpaired) electrons. The Kier molecular flexibility index (Phi) is 2.41. The zero-order valence-corrected chi connectivity index (χ0v) is 9.32. The number of hydrogen-bond donors (Lipinski definition) is 1. The van der Waals surface area contributed by atoms with Gasteiger partial charge in [-0.15, -0.1) is 0 Å². The van der Waals surface area contributed by atoms with Crippen LogP contribution in [0.5, 0.6) is 0 Å². The van der Waals surface area contributed by atoms with Crippen molar-refractivity contribution in [3.05, 3.63) is 47.5 Å². The predicted molar refractivity (Wildman–Crippen MR) is 66.6 cm³/mol. The molecule has 82 valence electrons. The molecule has 0 atom stereocenters. The molecule has 0 unspecified atom stereocenters. The molecular formula is C15H16O. The lowest BCUT2D eigenvalue weighted by molar-refractivity contribution is 0.155. The Morgan fingerprint density at radius 1 is 0.875 bits per heavy atom. The van der Waals surface area contributed by atoms with E-state index in [1.807, 2.05) is 0 Å². The quantitative estimate of drug-likeness (QED) is 0.711. The van der Waals surface area contributed by atoms with E-state index < -0.39 is 0 Å². The van der Waals surface area contributed by atoms with Gasteiger partial charge in [-0.2, -0.15) is 0 Å². The minimum Gasteiger partial charge on any atom is -0.393 e. The fourth-order valence-electron chi connectivity index (χ4n) is 2.71. The van der Waals surface area contributed by atoms with E-state index in [4.69, 9.17) is 0 Å². The maximum Gasteiger partial charge on any atom is 0.0546 e. The van der Waals surface area contributed by atoms with Crippen LogP contribution in [0.1, 0.15) is 24.0 Å². The third kappa shape index (κ3) is 1.61. The molecule has 2 aromatic rings. The summed E-state index contributed by atoms with van der Waals surface area (Å²) in [6.07, 6.45) is 3.65. The number of rotatable bonds is 0. The van der Waals surface area contributed by atoms with E-state index in [1.54, 1.807) is 0 Å². The van der Waals surface area contributed by atoms with Gasteiger partial charge in [0, 0.05) is 0 Å². The van der Waals surface area contributed by atoms with Crippen molar-refractivity contribution in [1.29, 1.82) is 0 Å². The van der Waals surface area contributed by atoms with Gasteiger partial charge >= 0.3 is 0 Å². The lowest BCUT2D eigenvalue weighted by Gasteiger charge is -2.18. The van der Waals surface area contributed by atoms with Crippen LogP contribution < -0.4 is 0 Å². The van der Waals surface area contributed by atoms with Gasteiger partial charge in [0.25, 0.3) is 0 Å². The van der Waals surface area contributed by atoms with Crippen molar-refractivity contribution in [2.45, 2.75) is 31.8 Å². The van der Waals surface area contributed by atoms with Gasteiger partial charge in [-0.3, -0.25) is 0 Å². The van der Waals surface area contributed by atoms with Crippen molar-refractivity contribution in [3.8, 4) is 0 Å². The van der Waals surface area contributed by atoms with E-state index in [1.165, 1.54) is 21.9 Å². The molecule has 1 aliphatic rings. The molecule has 3 rings (SSSR count). The molecule has 1 N–H and O–H groups in total.